The molecule has 24 heavy (non-hydrogen) atoms. The van der Waals surface area contributed by atoms with Crippen LogP contribution < -0.4 is 10.6 Å². The molecule has 1 aliphatic heterocycles. The number of aliphatic carboxylic acids is 1. The molecule has 1 rings (SSSR count). The molecule has 132 valence electrons. The number of carboxylic acids is 1. The molecule has 10 nitrogen and oxygen atoms in total. The van der Waals surface area contributed by atoms with Gasteiger partial charge in [-0.1, -0.05) is 0 Å². The van der Waals surface area contributed by atoms with Crippen molar-refractivity contribution in [2.75, 3.05) is 32.8 Å². The third-order valence-corrected chi connectivity index (χ3v) is 2.94. The second-order valence-electron chi connectivity index (χ2n) is 4.79. The number of carbonyl (C=O) groups is 5. The van der Waals surface area contributed by atoms with Gasteiger partial charge in [-0.15, -0.1) is 0 Å². The van der Waals surface area contributed by atoms with E-state index in [1.54, 1.807) is 0 Å². The highest BCUT2D eigenvalue weighted by atomic mass is 16.5. The van der Waals surface area contributed by atoms with Crippen LogP contribution in [0.2, 0.25) is 0 Å². The first-order valence-corrected chi connectivity index (χ1v) is 7.26. The summed E-state index contributed by atoms with van der Waals surface area (Å²) in [5.41, 5.74) is 0. The highest BCUT2D eigenvalue weighted by Crippen LogP contribution is 2.03. The van der Waals surface area contributed by atoms with Crippen molar-refractivity contribution in [3.63, 3.8) is 0 Å². The van der Waals surface area contributed by atoms with Gasteiger partial charge in [0.05, 0.1) is 13.2 Å². The zero-order valence-corrected chi connectivity index (χ0v) is 12.9. The van der Waals surface area contributed by atoms with Gasteiger partial charge in [0, 0.05) is 38.1 Å². The predicted octanol–water partition coefficient (Wildman–Crippen LogP) is -1.97. The molecule has 0 aromatic heterocycles. The Kier molecular flexibility index (Phi) is 8.13. The van der Waals surface area contributed by atoms with E-state index in [1.165, 1.54) is 0 Å². The summed E-state index contributed by atoms with van der Waals surface area (Å²) in [7, 11) is 0. The molecule has 10 heteroatoms. The van der Waals surface area contributed by atoms with Crippen LogP contribution in [0.15, 0.2) is 12.2 Å². The Labute approximate surface area is 137 Å². The number of nitrogens with one attached hydrogen (secondary N) is 2. The normalized spacial score (nSPS) is 13.2. The average molecular weight is 341 g/mol. The molecular weight excluding hydrogens is 322 g/mol. The molecule has 0 spiro atoms. The Morgan fingerprint density at radius 3 is 2.25 bits per heavy atom. The molecule has 0 saturated heterocycles. The number of rotatable bonds is 11. The number of nitrogens with zero attached hydrogens (tertiary/aromatic N) is 1. The Morgan fingerprint density at radius 2 is 1.62 bits per heavy atom. The summed E-state index contributed by atoms with van der Waals surface area (Å²) in [6.07, 6.45) is 2.32. The number of carboxylic acid groups (broad SMARTS) is 1. The first kappa shape index (κ1) is 19.3. The van der Waals surface area contributed by atoms with Crippen molar-refractivity contribution in [2.45, 2.75) is 12.8 Å². The summed E-state index contributed by atoms with van der Waals surface area (Å²) in [6, 6.07) is 0. The van der Waals surface area contributed by atoms with E-state index in [9.17, 15) is 24.0 Å². The Balaban J connectivity index is 2.00. The van der Waals surface area contributed by atoms with Crippen LogP contribution >= 0.6 is 0 Å². The molecule has 1 heterocycles. The van der Waals surface area contributed by atoms with Gasteiger partial charge in [-0.05, 0) is 0 Å². The van der Waals surface area contributed by atoms with E-state index >= 15 is 0 Å². The molecule has 0 saturated carbocycles. The zero-order valence-electron chi connectivity index (χ0n) is 12.9. The lowest BCUT2D eigenvalue weighted by molar-refractivity contribution is -0.138. The molecule has 0 unspecified atom stereocenters. The van der Waals surface area contributed by atoms with Gasteiger partial charge in [0.2, 0.25) is 11.8 Å². The number of hydrogen-bond acceptors (Lipinski definition) is 6. The molecule has 0 fully saturated rings. The fourth-order valence-corrected chi connectivity index (χ4v) is 1.75. The maximum atomic E-state index is 11.5. The monoisotopic (exact) mass is 341 g/mol. The van der Waals surface area contributed by atoms with Gasteiger partial charge in [-0.25, -0.2) is 0 Å². The summed E-state index contributed by atoms with van der Waals surface area (Å²) in [4.78, 5) is 56.5. The van der Waals surface area contributed by atoms with Crippen LogP contribution in [0, 0.1) is 0 Å². The van der Waals surface area contributed by atoms with Gasteiger partial charge in [0.1, 0.15) is 6.54 Å². The summed E-state index contributed by atoms with van der Waals surface area (Å²) in [6.45, 7) is 0.0775. The first-order chi connectivity index (χ1) is 11.4. The zero-order chi connectivity index (χ0) is 17.9. The van der Waals surface area contributed by atoms with Gasteiger partial charge in [-0.2, -0.15) is 0 Å². The summed E-state index contributed by atoms with van der Waals surface area (Å²) in [5.74, 6) is -2.75. The summed E-state index contributed by atoms with van der Waals surface area (Å²) < 4.78 is 5.12. The lowest BCUT2D eigenvalue weighted by atomic mass is 10.3. The van der Waals surface area contributed by atoms with Crippen molar-refractivity contribution in [1.29, 1.82) is 0 Å². The Bertz CT molecular complexity index is 526. The molecule has 3 N–H and O–H groups in total. The third-order valence-electron chi connectivity index (χ3n) is 2.94. The second-order valence-corrected chi connectivity index (χ2v) is 4.79. The van der Waals surface area contributed by atoms with Crippen LogP contribution in [0.5, 0.6) is 0 Å². The second kappa shape index (κ2) is 10.1. The Hall–Kier alpha value is -2.75. The molecular formula is C14H19N3O7. The standard InChI is InChI=1S/C14H19N3O7/c18-10(3-6-17-12(20)1-2-13(17)21)15-5-8-24-7-4-11(19)16-9-14(22)23/h1-2H,3-9H2,(H,15,18)(H,16,19)(H,22,23). The third kappa shape index (κ3) is 7.49. The SMILES string of the molecule is O=C(O)CNC(=O)CCOCCNC(=O)CCN1C(=O)C=CC1=O. The van der Waals surface area contributed by atoms with Crippen LogP contribution in [0.1, 0.15) is 12.8 Å². The Morgan fingerprint density at radius 1 is 1.00 bits per heavy atom. The molecule has 1 aliphatic rings. The number of hydrogen-bond donors (Lipinski definition) is 3. The molecule has 0 bridgehead atoms. The predicted molar refractivity (Wildman–Crippen MR) is 79.6 cm³/mol. The van der Waals surface area contributed by atoms with E-state index in [-0.39, 0.29) is 45.1 Å². The molecule has 0 aromatic rings. The topological polar surface area (TPSA) is 142 Å². The lowest BCUT2D eigenvalue weighted by Crippen LogP contribution is -2.35. The maximum Gasteiger partial charge on any atom is 0.322 e. The number of amides is 4. The van der Waals surface area contributed by atoms with E-state index in [1.807, 2.05) is 0 Å². The highest BCUT2D eigenvalue weighted by molar-refractivity contribution is 6.13. The number of ether oxygens (including phenoxy) is 1. The molecule has 0 radical (unpaired) electrons. The maximum absolute atomic E-state index is 11.5. The van der Waals surface area contributed by atoms with Crippen molar-refractivity contribution in [1.82, 2.24) is 15.5 Å². The minimum Gasteiger partial charge on any atom is -0.480 e. The van der Waals surface area contributed by atoms with Gasteiger partial charge < -0.3 is 20.5 Å². The van der Waals surface area contributed by atoms with Crippen LogP contribution in [-0.4, -0.2) is 72.5 Å². The van der Waals surface area contributed by atoms with Crippen molar-refractivity contribution in [2.24, 2.45) is 0 Å². The van der Waals surface area contributed by atoms with E-state index in [0.717, 1.165) is 17.1 Å². The lowest BCUT2D eigenvalue weighted by Gasteiger charge is -2.13. The van der Waals surface area contributed by atoms with Crippen molar-refractivity contribution in [3.8, 4) is 0 Å². The van der Waals surface area contributed by atoms with Gasteiger partial charge in [0.15, 0.2) is 0 Å². The quantitative estimate of drug-likeness (QED) is 0.292. The van der Waals surface area contributed by atoms with Gasteiger partial charge in [-0.3, -0.25) is 28.9 Å². The minimum atomic E-state index is -1.12. The smallest absolute Gasteiger partial charge is 0.322 e. The number of carbonyl (C=O) groups excluding carboxylic acids is 4. The largest absolute Gasteiger partial charge is 0.480 e. The molecule has 0 aromatic carbocycles. The van der Waals surface area contributed by atoms with Crippen molar-refractivity contribution in [3.05, 3.63) is 12.2 Å². The van der Waals surface area contributed by atoms with E-state index in [2.05, 4.69) is 10.6 Å². The van der Waals surface area contributed by atoms with Crippen LogP contribution in [-0.2, 0) is 28.7 Å². The van der Waals surface area contributed by atoms with Crippen molar-refractivity contribution >= 4 is 29.6 Å². The number of imide groups is 1. The summed E-state index contributed by atoms with van der Waals surface area (Å²) >= 11 is 0. The van der Waals surface area contributed by atoms with Crippen LogP contribution in [0.4, 0.5) is 0 Å². The van der Waals surface area contributed by atoms with E-state index < -0.39 is 30.2 Å². The molecule has 0 atom stereocenters. The molecule has 0 aliphatic carbocycles. The van der Waals surface area contributed by atoms with E-state index in [0.29, 0.717) is 0 Å². The van der Waals surface area contributed by atoms with Crippen LogP contribution in [0.3, 0.4) is 0 Å². The fraction of sp³-hybridized carbons (Fsp3) is 0.500. The first-order valence-electron chi connectivity index (χ1n) is 7.26. The van der Waals surface area contributed by atoms with E-state index in [4.69, 9.17) is 9.84 Å². The molecule has 4 amide bonds. The fourth-order valence-electron chi connectivity index (χ4n) is 1.75. The van der Waals surface area contributed by atoms with Crippen LogP contribution in [0.25, 0.3) is 0 Å². The van der Waals surface area contributed by atoms with Gasteiger partial charge >= 0.3 is 5.97 Å². The summed E-state index contributed by atoms with van der Waals surface area (Å²) in [5, 5.41) is 13.1. The average Bonchev–Trinajstić information content (AvgIpc) is 2.85. The highest BCUT2D eigenvalue weighted by Gasteiger charge is 2.23. The van der Waals surface area contributed by atoms with Crippen molar-refractivity contribution < 1.29 is 33.8 Å². The minimum absolute atomic E-state index is 0.00322. The van der Waals surface area contributed by atoms with Gasteiger partial charge in [0.25, 0.3) is 11.8 Å².